The number of hydrogen-bond donors (Lipinski definition) is 1. The van der Waals surface area contributed by atoms with Crippen molar-refractivity contribution < 1.29 is 4.74 Å². The molecular formula is C12H24N2O. The molecule has 2 heterocycles. The quantitative estimate of drug-likeness (QED) is 0.745. The lowest BCUT2D eigenvalue weighted by Gasteiger charge is -2.37. The van der Waals surface area contributed by atoms with Crippen molar-refractivity contribution in [1.29, 1.82) is 0 Å². The van der Waals surface area contributed by atoms with E-state index in [0.29, 0.717) is 24.3 Å². The number of hydrogen-bond acceptors (Lipinski definition) is 3. The molecule has 0 aromatic rings. The third-order valence-corrected chi connectivity index (χ3v) is 3.41. The summed E-state index contributed by atoms with van der Waals surface area (Å²) in [7, 11) is 0. The molecule has 3 heteroatoms. The third kappa shape index (κ3) is 3.16. The molecule has 0 aromatic carbocycles. The predicted octanol–water partition coefficient (Wildman–Crippen LogP) is 1.24. The van der Waals surface area contributed by atoms with Gasteiger partial charge in [0.1, 0.15) is 0 Å². The van der Waals surface area contributed by atoms with Crippen LogP contribution < -0.4 is 5.32 Å². The summed E-state index contributed by atoms with van der Waals surface area (Å²) in [5, 5.41) is 3.56. The van der Waals surface area contributed by atoms with Crippen molar-refractivity contribution in [3.63, 3.8) is 0 Å². The van der Waals surface area contributed by atoms with Crippen molar-refractivity contribution in [2.75, 3.05) is 19.6 Å². The van der Waals surface area contributed by atoms with Crippen LogP contribution in [-0.4, -0.2) is 48.8 Å². The van der Waals surface area contributed by atoms with Crippen molar-refractivity contribution in [3.8, 4) is 0 Å². The van der Waals surface area contributed by atoms with E-state index in [1.165, 1.54) is 25.9 Å². The topological polar surface area (TPSA) is 24.5 Å². The zero-order valence-corrected chi connectivity index (χ0v) is 10.2. The first-order chi connectivity index (χ1) is 7.13. The molecule has 1 N–H and O–H groups in total. The van der Waals surface area contributed by atoms with E-state index < -0.39 is 0 Å². The van der Waals surface area contributed by atoms with Crippen LogP contribution in [0.2, 0.25) is 0 Å². The van der Waals surface area contributed by atoms with E-state index in [0.717, 1.165) is 6.54 Å². The molecule has 2 fully saturated rings. The molecule has 3 nitrogen and oxygen atoms in total. The minimum absolute atomic E-state index is 0.479. The summed E-state index contributed by atoms with van der Waals surface area (Å²) in [6.45, 7) is 10.2. The minimum atomic E-state index is 0.479. The molecule has 2 rings (SSSR count). The largest absolute Gasteiger partial charge is 0.374 e. The van der Waals surface area contributed by atoms with Gasteiger partial charge in [0.05, 0.1) is 12.2 Å². The number of nitrogens with one attached hydrogen (secondary N) is 1. The average molecular weight is 212 g/mol. The molecule has 88 valence electrons. The fraction of sp³-hybridized carbons (Fsp3) is 1.00. The molecular weight excluding hydrogens is 188 g/mol. The van der Waals surface area contributed by atoms with Crippen LogP contribution in [0.4, 0.5) is 0 Å². The van der Waals surface area contributed by atoms with Gasteiger partial charge in [-0.15, -0.1) is 0 Å². The lowest BCUT2D eigenvalue weighted by atomic mass is 10.1. The first kappa shape index (κ1) is 11.4. The second-order valence-corrected chi connectivity index (χ2v) is 5.33. The van der Waals surface area contributed by atoms with Crippen LogP contribution in [-0.2, 0) is 4.74 Å². The number of rotatable bonds is 2. The summed E-state index contributed by atoms with van der Waals surface area (Å²) in [5.74, 6) is 0. The van der Waals surface area contributed by atoms with Crippen molar-refractivity contribution >= 4 is 0 Å². The zero-order valence-electron chi connectivity index (χ0n) is 10.2. The van der Waals surface area contributed by atoms with E-state index in [-0.39, 0.29) is 0 Å². The SMILES string of the molecule is CC1CN(CC2CCC(C)O2)CC(C)N1. The predicted molar refractivity (Wildman–Crippen MR) is 62.1 cm³/mol. The van der Waals surface area contributed by atoms with Crippen LogP contribution in [0.1, 0.15) is 33.6 Å². The van der Waals surface area contributed by atoms with Gasteiger partial charge >= 0.3 is 0 Å². The Bertz CT molecular complexity index is 200. The summed E-state index contributed by atoms with van der Waals surface area (Å²) in [6.07, 6.45) is 3.45. The molecule has 0 aliphatic carbocycles. The summed E-state index contributed by atoms with van der Waals surface area (Å²) in [5.41, 5.74) is 0. The molecule has 0 spiro atoms. The summed E-state index contributed by atoms with van der Waals surface area (Å²) in [6, 6.07) is 1.24. The molecule has 15 heavy (non-hydrogen) atoms. The van der Waals surface area contributed by atoms with Crippen molar-refractivity contribution in [1.82, 2.24) is 10.2 Å². The first-order valence-corrected chi connectivity index (χ1v) is 6.27. The maximum atomic E-state index is 5.87. The average Bonchev–Trinajstić information content (AvgIpc) is 2.49. The highest BCUT2D eigenvalue weighted by atomic mass is 16.5. The van der Waals surface area contributed by atoms with Gasteiger partial charge in [0, 0.05) is 31.7 Å². The third-order valence-electron chi connectivity index (χ3n) is 3.41. The van der Waals surface area contributed by atoms with Crippen molar-refractivity contribution in [3.05, 3.63) is 0 Å². The maximum absolute atomic E-state index is 5.87. The fourth-order valence-electron chi connectivity index (χ4n) is 2.90. The van der Waals surface area contributed by atoms with E-state index in [4.69, 9.17) is 4.74 Å². The second-order valence-electron chi connectivity index (χ2n) is 5.33. The zero-order chi connectivity index (χ0) is 10.8. The van der Waals surface area contributed by atoms with E-state index in [2.05, 4.69) is 31.0 Å². The molecule has 4 atom stereocenters. The number of piperazine rings is 1. The summed E-state index contributed by atoms with van der Waals surface area (Å²) in [4.78, 5) is 2.55. The normalized spacial score (nSPS) is 43.4. The Morgan fingerprint density at radius 2 is 1.80 bits per heavy atom. The van der Waals surface area contributed by atoms with Gasteiger partial charge < -0.3 is 10.1 Å². The van der Waals surface area contributed by atoms with Gasteiger partial charge in [0.15, 0.2) is 0 Å². The fourth-order valence-corrected chi connectivity index (χ4v) is 2.90. The number of ether oxygens (including phenoxy) is 1. The lowest BCUT2D eigenvalue weighted by molar-refractivity contribution is 0.0222. The van der Waals surface area contributed by atoms with Gasteiger partial charge in [-0.1, -0.05) is 0 Å². The van der Waals surface area contributed by atoms with Crippen molar-refractivity contribution in [2.45, 2.75) is 57.9 Å². The first-order valence-electron chi connectivity index (χ1n) is 6.27. The van der Waals surface area contributed by atoms with Gasteiger partial charge in [0.25, 0.3) is 0 Å². The van der Waals surface area contributed by atoms with Crippen LogP contribution >= 0.6 is 0 Å². The highest BCUT2D eigenvalue weighted by Crippen LogP contribution is 2.20. The molecule has 0 saturated carbocycles. The van der Waals surface area contributed by atoms with E-state index >= 15 is 0 Å². The molecule has 0 amide bonds. The highest BCUT2D eigenvalue weighted by Gasteiger charge is 2.27. The smallest absolute Gasteiger partial charge is 0.0706 e. The van der Waals surface area contributed by atoms with Crippen LogP contribution in [0.5, 0.6) is 0 Å². The monoisotopic (exact) mass is 212 g/mol. The Morgan fingerprint density at radius 3 is 2.33 bits per heavy atom. The Morgan fingerprint density at radius 1 is 1.13 bits per heavy atom. The van der Waals surface area contributed by atoms with Crippen molar-refractivity contribution in [2.24, 2.45) is 0 Å². The van der Waals surface area contributed by atoms with E-state index in [1.54, 1.807) is 0 Å². The number of nitrogens with zero attached hydrogens (tertiary/aromatic N) is 1. The van der Waals surface area contributed by atoms with Crippen LogP contribution in [0, 0.1) is 0 Å². The van der Waals surface area contributed by atoms with Gasteiger partial charge in [-0.25, -0.2) is 0 Å². The Hall–Kier alpha value is -0.120. The van der Waals surface area contributed by atoms with Gasteiger partial charge in [-0.2, -0.15) is 0 Å². The molecule has 0 radical (unpaired) electrons. The Kier molecular flexibility index (Phi) is 3.65. The van der Waals surface area contributed by atoms with Gasteiger partial charge in [0.2, 0.25) is 0 Å². The lowest BCUT2D eigenvalue weighted by Crippen LogP contribution is -2.55. The van der Waals surface area contributed by atoms with E-state index in [9.17, 15) is 0 Å². The van der Waals surface area contributed by atoms with Gasteiger partial charge in [-0.05, 0) is 33.6 Å². The Labute approximate surface area is 93.2 Å². The molecule has 2 aliphatic heterocycles. The van der Waals surface area contributed by atoms with E-state index in [1.807, 2.05) is 0 Å². The van der Waals surface area contributed by atoms with Crippen LogP contribution in [0.15, 0.2) is 0 Å². The molecule has 4 unspecified atom stereocenters. The molecule has 0 bridgehead atoms. The maximum Gasteiger partial charge on any atom is 0.0706 e. The summed E-state index contributed by atoms with van der Waals surface area (Å²) < 4.78 is 5.87. The van der Waals surface area contributed by atoms with Crippen LogP contribution in [0.3, 0.4) is 0 Å². The standard InChI is InChI=1S/C12H24N2O/c1-9-6-14(7-10(2)13-9)8-12-5-4-11(3)15-12/h9-13H,4-8H2,1-3H3. The summed E-state index contributed by atoms with van der Waals surface area (Å²) >= 11 is 0. The molecule has 2 aliphatic rings. The molecule has 2 saturated heterocycles. The van der Waals surface area contributed by atoms with Crippen LogP contribution in [0.25, 0.3) is 0 Å². The highest BCUT2D eigenvalue weighted by molar-refractivity contribution is 4.83. The second kappa shape index (κ2) is 4.81. The minimum Gasteiger partial charge on any atom is -0.374 e. The Balaban J connectivity index is 1.78. The van der Waals surface area contributed by atoms with Gasteiger partial charge in [-0.3, -0.25) is 4.90 Å². The molecule has 0 aromatic heterocycles.